The lowest BCUT2D eigenvalue weighted by Gasteiger charge is -2.15. The summed E-state index contributed by atoms with van der Waals surface area (Å²) in [6.07, 6.45) is 3.42. The fourth-order valence-corrected chi connectivity index (χ4v) is 3.20. The molecule has 1 heterocycles. The SMILES string of the molecule is CCOc1cc(C(=O)NCc2cc(OC)c(OC)c(OC)c2)ccc1OCc1ccncc1. The Kier molecular flexibility index (Phi) is 8.35. The second-order valence-corrected chi connectivity index (χ2v) is 6.95. The van der Waals surface area contributed by atoms with E-state index in [0.29, 0.717) is 47.5 Å². The van der Waals surface area contributed by atoms with Gasteiger partial charge >= 0.3 is 0 Å². The number of aromatic nitrogens is 1. The van der Waals surface area contributed by atoms with Gasteiger partial charge in [0.15, 0.2) is 23.0 Å². The van der Waals surface area contributed by atoms with E-state index in [1.54, 1.807) is 64.1 Å². The minimum Gasteiger partial charge on any atom is -0.493 e. The van der Waals surface area contributed by atoms with Gasteiger partial charge in [0.2, 0.25) is 5.75 Å². The van der Waals surface area contributed by atoms with Crippen LogP contribution in [0.3, 0.4) is 0 Å². The number of benzene rings is 2. The van der Waals surface area contributed by atoms with Crippen molar-refractivity contribution < 1.29 is 28.5 Å². The molecule has 0 unspecified atom stereocenters. The Morgan fingerprint density at radius 1 is 0.818 bits per heavy atom. The Bertz CT molecular complexity index is 1050. The molecule has 1 aromatic heterocycles. The fourth-order valence-electron chi connectivity index (χ4n) is 3.20. The first kappa shape index (κ1) is 23.7. The largest absolute Gasteiger partial charge is 0.493 e. The topological polar surface area (TPSA) is 88.1 Å². The number of ether oxygens (including phenoxy) is 5. The molecule has 8 heteroatoms. The molecule has 0 bridgehead atoms. The molecule has 0 fully saturated rings. The average molecular weight is 453 g/mol. The Labute approximate surface area is 193 Å². The number of rotatable bonds is 11. The van der Waals surface area contributed by atoms with E-state index in [0.717, 1.165) is 11.1 Å². The van der Waals surface area contributed by atoms with E-state index in [-0.39, 0.29) is 12.5 Å². The Morgan fingerprint density at radius 3 is 2.12 bits per heavy atom. The van der Waals surface area contributed by atoms with Crippen molar-refractivity contribution >= 4 is 5.91 Å². The third kappa shape index (κ3) is 6.06. The predicted molar refractivity (Wildman–Crippen MR) is 123 cm³/mol. The molecule has 1 N–H and O–H groups in total. The molecule has 2 aromatic carbocycles. The van der Waals surface area contributed by atoms with E-state index in [1.165, 1.54) is 0 Å². The molecule has 0 spiro atoms. The number of methoxy groups -OCH3 is 3. The fraction of sp³-hybridized carbons (Fsp3) is 0.280. The van der Waals surface area contributed by atoms with Crippen molar-refractivity contribution in [2.75, 3.05) is 27.9 Å². The maximum absolute atomic E-state index is 12.8. The zero-order valence-electron chi connectivity index (χ0n) is 19.2. The first-order valence-electron chi connectivity index (χ1n) is 10.4. The van der Waals surface area contributed by atoms with Gasteiger partial charge in [-0.05, 0) is 60.5 Å². The number of hydrogen-bond donors (Lipinski definition) is 1. The van der Waals surface area contributed by atoms with Crippen LogP contribution in [0, 0.1) is 0 Å². The number of nitrogens with one attached hydrogen (secondary N) is 1. The second kappa shape index (κ2) is 11.6. The van der Waals surface area contributed by atoms with E-state index in [1.807, 2.05) is 19.1 Å². The Balaban J connectivity index is 1.71. The van der Waals surface area contributed by atoms with Gasteiger partial charge in [0.1, 0.15) is 6.61 Å². The summed E-state index contributed by atoms with van der Waals surface area (Å²) in [6, 6.07) is 12.5. The zero-order chi connectivity index (χ0) is 23.6. The number of carbonyl (C=O) groups excluding carboxylic acids is 1. The smallest absolute Gasteiger partial charge is 0.251 e. The van der Waals surface area contributed by atoms with E-state index in [4.69, 9.17) is 23.7 Å². The van der Waals surface area contributed by atoms with Gasteiger partial charge in [0, 0.05) is 24.5 Å². The van der Waals surface area contributed by atoms with Crippen molar-refractivity contribution in [3.63, 3.8) is 0 Å². The molecular formula is C25H28N2O6. The van der Waals surface area contributed by atoms with Crippen LogP contribution >= 0.6 is 0 Å². The first-order valence-corrected chi connectivity index (χ1v) is 10.4. The van der Waals surface area contributed by atoms with Gasteiger partial charge in [-0.25, -0.2) is 0 Å². The third-order valence-corrected chi connectivity index (χ3v) is 4.83. The van der Waals surface area contributed by atoms with Crippen LogP contribution < -0.4 is 29.0 Å². The molecule has 0 aliphatic heterocycles. The molecule has 3 aromatic rings. The molecule has 0 saturated carbocycles. The number of carbonyl (C=O) groups is 1. The predicted octanol–water partition coefficient (Wildman–Crippen LogP) is 4.02. The first-order chi connectivity index (χ1) is 16.1. The number of nitrogens with zero attached hydrogens (tertiary/aromatic N) is 1. The van der Waals surface area contributed by atoms with Gasteiger partial charge in [0.05, 0.1) is 27.9 Å². The highest BCUT2D eigenvalue weighted by Gasteiger charge is 2.15. The number of amides is 1. The summed E-state index contributed by atoms with van der Waals surface area (Å²) >= 11 is 0. The van der Waals surface area contributed by atoms with Gasteiger partial charge in [0.25, 0.3) is 5.91 Å². The monoisotopic (exact) mass is 452 g/mol. The minimum atomic E-state index is -0.245. The lowest BCUT2D eigenvalue weighted by Crippen LogP contribution is -2.23. The summed E-state index contributed by atoms with van der Waals surface area (Å²) in [7, 11) is 4.64. The van der Waals surface area contributed by atoms with Crippen LogP contribution in [0.15, 0.2) is 54.9 Å². The van der Waals surface area contributed by atoms with Crippen LogP contribution in [-0.2, 0) is 13.2 Å². The van der Waals surface area contributed by atoms with E-state index in [2.05, 4.69) is 10.3 Å². The average Bonchev–Trinajstić information content (AvgIpc) is 2.86. The van der Waals surface area contributed by atoms with Crippen LogP contribution in [0.25, 0.3) is 0 Å². The van der Waals surface area contributed by atoms with E-state index >= 15 is 0 Å². The standard InChI is InChI=1S/C25H28N2O6/c1-5-32-21-14-19(6-7-20(21)33-16-17-8-10-26-11-9-17)25(28)27-15-18-12-22(29-2)24(31-4)23(13-18)30-3/h6-14H,5,15-16H2,1-4H3,(H,27,28). The van der Waals surface area contributed by atoms with E-state index in [9.17, 15) is 4.79 Å². The minimum absolute atomic E-state index is 0.245. The maximum atomic E-state index is 12.8. The molecule has 0 radical (unpaired) electrons. The van der Waals surface area contributed by atoms with Crippen LogP contribution in [0.1, 0.15) is 28.4 Å². The van der Waals surface area contributed by atoms with Gasteiger partial charge in [-0.1, -0.05) is 0 Å². The van der Waals surface area contributed by atoms with Crippen LogP contribution in [0.5, 0.6) is 28.7 Å². The summed E-state index contributed by atoms with van der Waals surface area (Å²) in [5.41, 5.74) is 2.25. The summed E-state index contributed by atoms with van der Waals surface area (Å²) in [5.74, 6) is 2.37. The Morgan fingerprint density at radius 2 is 1.52 bits per heavy atom. The van der Waals surface area contributed by atoms with Crippen molar-refractivity contribution in [3.8, 4) is 28.7 Å². The molecular weight excluding hydrogens is 424 g/mol. The molecule has 33 heavy (non-hydrogen) atoms. The van der Waals surface area contributed by atoms with Gasteiger partial charge in [-0.3, -0.25) is 9.78 Å². The summed E-state index contributed by atoms with van der Waals surface area (Å²) < 4.78 is 27.7. The molecule has 0 atom stereocenters. The third-order valence-electron chi connectivity index (χ3n) is 4.83. The van der Waals surface area contributed by atoms with Crippen molar-refractivity contribution in [3.05, 3.63) is 71.5 Å². The molecule has 0 aliphatic rings. The Hall–Kier alpha value is -3.94. The summed E-state index contributed by atoms with van der Waals surface area (Å²) in [5, 5.41) is 2.91. The van der Waals surface area contributed by atoms with Crippen molar-refractivity contribution in [2.24, 2.45) is 0 Å². The quantitative estimate of drug-likeness (QED) is 0.470. The molecule has 8 nitrogen and oxygen atoms in total. The summed E-state index contributed by atoms with van der Waals surface area (Å²) in [6.45, 7) is 2.97. The number of pyridine rings is 1. The van der Waals surface area contributed by atoms with Crippen LogP contribution in [0.4, 0.5) is 0 Å². The molecule has 0 aliphatic carbocycles. The van der Waals surface area contributed by atoms with Crippen molar-refractivity contribution in [1.29, 1.82) is 0 Å². The van der Waals surface area contributed by atoms with Gasteiger partial charge in [-0.15, -0.1) is 0 Å². The lowest BCUT2D eigenvalue weighted by atomic mass is 10.1. The van der Waals surface area contributed by atoms with Crippen LogP contribution in [0.2, 0.25) is 0 Å². The molecule has 174 valence electrons. The second-order valence-electron chi connectivity index (χ2n) is 6.95. The van der Waals surface area contributed by atoms with Gasteiger partial charge < -0.3 is 29.0 Å². The normalized spacial score (nSPS) is 10.3. The summed E-state index contributed by atoms with van der Waals surface area (Å²) in [4.78, 5) is 16.8. The lowest BCUT2D eigenvalue weighted by molar-refractivity contribution is 0.0950. The zero-order valence-corrected chi connectivity index (χ0v) is 19.2. The highest BCUT2D eigenvalue weighted by Crippen LogP contribution is 2.38. The molecule has 3 rings (SSSR count). The highest BCUT2D eigenvalue weighted by molar-refractivity contribution is 5.94. The molecule has 0 saturated heterocycles. The maximum Gasteiger partial charge on any atom is 0.251 e. The highest BCUT2D eigenvalue weighted by atomic mass is 16.5. The van der Waals surface area contributed by atoms with E-state index < -0.39 is 0 Å². The molecule has 1 amide bonds. The van der Waals surface area contributed by atoms with Gasteiger partial charge in [-0.2, -0.15) is 0 Å². The number of hydrogen-bond acceptors (Lipinski definition) is 7. The van der Waals surface area contributed by atoms with Crippen LogP contribution in [-0.4, -0.2) is 38.8 Å². The van der Waals surface area contributed by atoms with Crippen molar-refractivity contribution in [2.45, 2.75) is 20.1 Å². The van der Waals surface area contributed by atoms with Crippen molar-refractivity contribution in [1.82, 2.24) is 10.3 Å².